The van der Waals surface area contributed by atoms with Crippen molar-refractivity contribution < 1.29 is 19.1 Å². The van der Waals surface area contributed by atoms with Crippen molar-refractivity contribution in [3.8, 4) is 0 Å². The third-order valence-corrected chi connectivity index (χ3v) is 4.06. The van der Waals surface area contributed by atoms with Gasteiger partial charge in [-0.3, -0.25) is 14.5 Å². The first-order valence-electron chi connectivity index (χ1n) is 7.45. The number of thioether (sulfide) groups is 1. The van der Waals surface area contributed by atoms with Gasteiger partial charge in [-0.25, -0.2) is 4.79 Å². The predicted molar refractivity (Wildman–Crippen MR) is 89.6 cm³/mol. The van der Waals surface area contributed by atoms with Crippen LogP contribution < -0.4 is 0 Å². The van der Waals surface area contributed by atoms with Gasteiger partial charge in [0.05, 0.1) is 11.1 Å². The number of imide groups is 1. The Morgan fingerprint density at radius 3 is 2.13 bits per heavy atom. The van der Waals surface area contributed by atoms with Crippen molar-refractivity contribution >= 4 is 29.5 Å². The van der Waals surface area contributed by atoms with E-state index in [9.17, 15) is 14.4 Å². The van der Waals surface area contributed by atoms with Crippen LogP contribution in [0.15, 0.2) is 24.3 Å². The number of fused-ring (bicyclic) bond motifs is 1. The van der Waals surface area contributed by atoms with Crippen LogP contribution in [-0.4, -0.2) is 46.3 Å². The zero-order chi connectivity index (χ0) is 17.2. The van der Waals surface area contributed by atoms with Crippen LogP contribution in [0.3, 0.4) is 0 Å². The lowest BCUT2D eigenvalue weighted by molar-refractivity contribution is -0.159. The number of rotatable bonds is 5. The minimum atomic E-state index is -0.894. The van der Waals surface area contributed by atoms with Gasteiger partial charge in [-0.05, 0) is 51.3 Å². The Bertz CT molecular complexity index is 601. The average molecular weight is 335 g/mol. The van der Waals surface area contributed by atoms with Gasteiger partial charge in [0.25, 0.3) is 11.8 Å². The predicted octanol–water partition coefficient (Wildman–Crippen LogP) is 2.75. The van der Waals surface area contributed by atoms with Crippen molar-refractivity contribution in [1.82, 2.24) is 4.90 Å². The molecular formula is C17H21NO4S. The molecule has 0 radical (unpaired) electrons. The number of carbonyl (C=O) groups is 3. The van der Waals surface area contributed by atoms with Gasteiger partial charge in [0.2, 0.25) is 0 Å². The van der Waals surface area contributed by atoms with E-state index in [0.29, 0.717) is 23.3 Å². The molecule has 0 saturated heterocycles. The summed E-state index contributed by atoms with van der Waals surface area (Å²) in [4.78, 5) is 38.7. The molecule has 124 valence electrons. The summed E-state index contributed by atoms with van der Waals surface area (Å²) in [6.45, 7) is 5.29. The van der Waals surface area contributed by atoms with Gasteiger partial charge < -0.3 is 4.74 Å². The number of amides is 2. The van der Waals surface area contributed by atoms with Crippen molar-refractivity contribution in [3.05, 3.63) is 35.4 Å². The van der Waals surface area contributed by atoms with Crippen molar-refractivity contribution in [2.24, 2.45) is 0 Å². The molecule has 6 heteroatoms. The SMILES string of the molecule is CSCC[C@@H](C(=O)OC(C)(C)C)N1C(=O)c2ccccc2C1=O. The second-order valence-corrected chi connectivity index (χ2v) is 7.34. The lowest BCUT2D eigenvalue weighted by atomic mass is 10.1. The maximum absolute atomic E-state index is 12.6. The molecular weight excluding hydrogens is 314 g/mol. The molecule has 0 aliphatic carbocycles. The highest BCUT2D eigenvalue weighted by Gasteiger charge is 2.43. The third-order valence-electron chi connectivity index (χ3n) is 3.41. The zero-order valence-corrected chi connectivity index (χ0v) is 14.6. The highest BCUT2D eigenvalue weighted by Crippen LogP contribution is 2.27. The van der Waals surface area contributed by atoms with Crippen LogP contribution >= 0.6 is 11.8 Å². The Labute approximate surface area is 140 Å². The molecule has 0 spiro atoms. The molecule has 2 amide bonds. The standard InChI is InChI=1S/C17H21NO4S/c1-17(2,3)22-16(21)13(9-10-23-4)18-14(19)11-7-5-6-8-12(11)15(18)20/h5-8,13H,9-10H2,1-4H3/t13-/m0/s1. The molecule has 1 aromatic carbocycles. The number of benzene rings is 1. The summed E-state index contributed by atoms with van der Waals surface area (Å²) in [5.41, 5.74) is 0.0123. The van der Waals surface area contributed by atoms with E-state index in [-0.39, 0.29) is 0 Å². The highest BCUT2D eigenvalue weighted by atomic mass is 32.2. The fourth-order valence-electron chi connectivity index (χ4n) is 2.44. The van der Waals surface area contributed by atoms with Crippen molar-refractivity contribution in [2.75, 3.05) is 12.0 Å². The Kier molecular flexibility index (Phi) is 5.14. The summed E-state index contributed by atoms with van der Waals surface area (Å²) in [6, 6.07) is 5.73. The third kappa shape index (κ3) is 3.75. The van der Waals surface area contributed by atoms with Crippen LogP contribution in [0.4, 0.5) is 0 Å². The minimum absolute atomic E-state index is 0.343. The summed E-state index contributed by atoms with van der Waals surface area (Å²) in [6.07, 6.45) is 2.29. The molecule has 0 saturated carbocycles. The molecule has 5 nitrogen and oxygen atoms in total. The molecule has 1 heterocycles. The maximum Gasteiger partial charge on any atom is 0.329 e. The zero-order valence-electron chi connectivity index (χ0n) is 13.8. The lowest BCUT2D eigenvalue weighted by Gasteiger charge is -2.28. The largest absolute Gasteiger partial charge is 0.458 e. The second kappa shape index (κ2) is 6.74. The van der Waals surface area contributed by atoms with E-state index in [2.05, 4.69) is 0 Å². The Balaban J connectivity index is 2.32. The molecule has 0 aromatic heterocycles. The molecule has 1 atom stereocenters. The van der Waals surface area contributed by atoms with Gasteiger partial charge >= 0.3 is 5.97 Å². The Hall–Kier alpha value is -1.82. The van der Waals surface area contributed by atoms with Gasteiger partial charge in [-0.2, -0.15) is 11.8 Å². The summed E-state index contributed by atoms with van der Waals surface area (Å²) < 4.78 is 5.41. The van der Waals surface area contributed by atoms with Crippen molar-refractivity contribution in [1.29, 1.82) is 0 Å². The number of hydrogen-bond acceptors (Lipinski definition) is 5. The first kappa shape index (κ1) is 17.5. The van der Waals surface area contributed by atoms with Crippen LogP contribution in [0.5, 0.6) is 0 Å². The number of esters is 1. The number of ether oxygens (including phenoxy) is 1. The number of carbonyl (C=O) groups excluding carboxylic acids is 3. The van der Waals surface area contributed by atoms with Crippen molar-refractivity contribution in [3.63, 3.8) is 0 Å². The highest BCUT2D eigenvalue weighted by molar-refractivity contribution is 7.98. The smallest absolute Gasteiger partial charge is 0.329 e. The Morgan fingerprint density at radius 2 is 1.70 bits per heavy atom. The monoisotopic (exact) mass is 335 g/mol. The minimum Gasteiger partial charge on any atom is -0.458 e. The first-order valence-corrected chi connectivity index (χ1v) is 8.84. The van der Waals surface area contributed by atoms with E-state index in [4.69, 9.17) is 4.74 Å². The maximum atomic E-state index is 12.6. The summed E-state index contributed by atoms with van der Waals surface area (Å²) in [7, 11) is 0. The van der Waals surface area contributed by atoms with Crippen LogP contribution in [0.1, 0.15) is 47.9 Å². The van der Waals surface area contributed by atoms with Gasteiger partial charge in [-0.1, -0.05) is 12.1 Å². The fraction of sp³-hybridized carbons (Fsp3) is 0.471. The van der Waals surface area contributed by atoms with Gasteiger partial charge in [-0.15, -0.1) is 0 Å². The molecule has 0 bridgehead atoms. The number of nitrogens with zero attached hydrogens (tertiary/aromatic N) is 1. The van der Waals surface area contributed by atoms with Crippen LogP contribution in [0.25, 0.3) is 0 Å². The molecule has 2 rings (SSSR count). The average Bonchev–Trinajstić information content (AvgIpc) is 2.71. The topological polar surface area (TPSA) is 63.7 Å². The Morgan fingerprint density at radius 1 is 1.17 bits per heavy atom. The van der Waals surface area contributed by atoms with E-state index < -0.39 is 29.4 Å². The van der Waals surface area contributed by atoms with E-state index in [0.717, 1.165) is 4.90 Å². The van der Waals surface area contributed by atoms with E-state index in [1.54, 1.807) is 56.8 Å². The molecule has 0 unspecified atom stereocenters. The van der Waals surface area contributed by atoms with E-state index in [1.807, 2.05) is 6.26 Å². The lowest BCUT2D eigenvalue weighted by Crippen LogP contribution is -2.47. The second-order valence-electron chi connectivity index (χ2n) is 6.36. The molecule has 0 fully saturated rings. The molecule has 1 aliphatic heterocycles. The first-order chi connectivity index (χ1) is 10.8. The molecule has 1 aliphatic rings. The summed E-state index contributed by atoms with van der Waals surface area (Å²) in [5.74, 6) is -0.747. The van der Waals surface area contributed by atoms with Crippen LogP contribution in [0, 0.1) is 0 Å². The fourth-order valence-corrected chi connectivity index (χ4v) is 2.90. The van der Waals surface area contributed by atoms with Crippen LogP contribution in [-0.2, 0) is 9.53 Å². The molecule has 1 aromatic rings. The molecule has 23 heavy (non-hydrogen) atoms. The normalized spacial score (nSPS) is 15.6. The van der Waals surface area contributed by atoms with E-state index >= 15 is 0 Å². The van der Waals surface area contributed by atoms with Crippen molar-refractivity contribution in [2.45, 2.75) is 38.8 Å². The number of hydrogen-bond donors (Lipinski definition) is 0. The van der Waals surface area contributed by atoms with Gasteiger partial charge in [0, 0.05) is 0 Å². The van der Waals surface area contributed by atoms with E-state index in [1.165, 1.54) is 0 Å². The van der Waals surface area contributed by atoms with Crippen LogP contribution in [0.2, 0.25) is 0 Å². The summed E-state index contributed by atoms with van der Waals surface area (Å²) >= 11 is 1.55. The van der Waals surface area contributed by atoms with Gasteiger partial charge in [0.1, 0.15) is 11.6 Å². The quantitative estimate of drug-likeness (QED) is 0.611. The van der Waals surface area contributed by atoms with Gasteiger partial charge in [0.15, 0.2) is 0 Å². The molecule has 0 N–H and O–H groups in total. The summed E-state index contributed by atoms with van der Waals surface area (Å²) in [5, 5.41) is 0.